The van der Waals surface area contributed by atoms with Gasteiger partial charge in [-0.15, -0.1) is 0 Å². The second kappa shape index (κ2) is 9.56. The van der Waals surface area contributed by atoms with Crippen LogP contribution in [0, 0.1) is 5.92 Å². The third-order valence-corrected chi connectivity index (χ3v) is 4.43. The Morgan fingerprint density at radius 2 is 1.83 bits per heavy atom. The van der Waals surface area contributed by atoms with E-state index in [1.54, 1.807) is 0 Å². The lowest BCUT2D eigenvalue weighted by Crippen LogP contribution is -2.46. The zero-order chi connectivity index (χ0) is 16.5. The largest absolute Gasteiger partial charge is 0.355 e. The minimum Gasteiger partial charge on any atom is -0.355 e. The van der Waals surface area contributed by atoms with E-state index in [0.717, 1.165) is 25.0 Å². The van der Waals surface area contributed by atoms with Gasteiger partial charge in [0.1, 0.15) is 0 Å². The Morgan fingerprint density at radius 3 is 2.43 bits per heavy atom. The smallest absolute Gasteiger partial charge is 0.191 e. The molecule has 23 heavy (non-hydrogen) atoms. The molecule has 4 heteroatoms. The maximum Gasteiger partial charge on any atom is 0.191 e. The molecule has 1 atom stereocenters. The fourth-order valence-corrected chi connectivity index (χ4v) is 3.23. The SMILES string of the molecule is CN=C(NCc1ccccc1)NCC(CC(C)C)N1CCCC1. The second-order valence-corrected chi connectivity index (χ2v) is 6.82. The summed E-state index contributed by atoms with van der Waals surface area (Å²) in [7, 11) is 1.84. The van der Waals surface area contributed by atoms with Gasteiger partial charge in [-0.1, -0.05) is 44.2 Å². The predicted molar refractivity (Wildman–Crippen MR) is 98.7 cm³/mol. The summed E-state index contributed by atoms with van der Waals surface area (Å²) in [6, 6.07) is 11.0. The third kappa shape index (κ3) is 6.22. The van der Waals surface area contributed by atoms with Crippen molar-refractivity contribution in [1.29, 1.82) is 0 Å². The topological polar surface area (TPSA) is 39.7 Å². The van der Waals surface area contributed by atoms with Crippen molar-refractivity contribution in [2.24, 2.45) is 10.9 Å². The van der Waals surface area contributed by atoms with E-state index in [-0.39, 0.29) is 0 Å². The van der Waals surface area contributed by atoms with Gasteiger partial charge in [-0.05, 0) is 43.8 Å². The highest BCUT2D eigenvalue weighted by atomic mass is 15.2. The summed E-state index contributed by atoms with van der Waals surface area (Å²) in [5, 5.41) is 6.92. The van der Waals surface area contributed by atoms with Crippen LogP contribution in [0.15, 0.2) is 35.3 Å². The average Bonchev–Trinajstić information content (AvgIpc) is 3.09. The number of hydrogen-bond acceptors (Lipinski definition) is 2. The monoisotopic (exact) mass is 316 g/mol. The highest BCUT2D eigenvalue weighted by molar-refractivity contribution is 5.79. The lowest BCUT2D eigenvalue weighted by atomic mass is 10.0. The van der Waals surface area contributed by atoms with Crippen LogP contribution in [0.1, 0.15) is 38.7 Å². The van der Waals surface area contributed by atoms with Crippen molar-refractivity contribution < 1.29 is 0 Å². The molecule has 0 aliphatic carbocycles. The van der Waals surface area contributed by atoms with Gasteiger partial charge in [0, 0.05) is 26.2 Å². The Morgan fingerprint density at radius 1 is 1.13 bits per heavy atom. The fraction of sp³-hybridized carbons (Fsp3) is 0.632. The summed E-state index contributed by atoms with van der Waals surface area (Å²) in [5.74, 6) is 1.61. The van der Waals surface area contributed by atoms with Crippen molar-refractivity contribution in [3.05, 3.63) is 35.9 Å². The van der Waals surface area contributed by atoms with Crippen molar-refractivity contribution in [2.75, 3.05) is 26.7 Å². The highest BCUT2D eigenvalue weighted by Gasteiger charge is 2.22. The van der Waals surface area contributed by atoms with Gasteiger partial charge in [0.05, 0.1) is 0 Å². The Bertz CT molecular complexity index is 464. The van der Waals surface area contributed by atoms with Gasteiger partial charge in [-0.25, -0.2) is 0 Å². The molecule has 1 aliphatic heterocycles. The van der Waals surface area contributed by atoms with E-state index < -0.39 is 0 Å². The molecule has 0 amide bonds. The van der Waals surface area contributed by atoms with Crippen LogP contribution < -0.4 is 10.6 Å². The molecule has 1 saturated heterocycles. The minimum absolute atomic E-state index is 0.604. The number of nitrogens with one attached hydrogen (secondary N) is 2. The van der Waals surface area contributed by atoms with Gasteiger partial charge in [-0.3, -0.25) is 9.89 Å². The van der Waals surface area contributed by atoms with Crippen LogP contribution in [0.4, 0.5) is 0 Å². The number of rotatable bonds is 7. The maximum atomic E-state index is 4.36. The van der Waals surface area contributed by atoms with Gasteiger partial charge in [0.2, 0.25) is 0 Å². The van der Waals surface area contributed by atoms with Gasteiger partial charge < -0.3 is 10.6 Å². The molecule has 0 bridgehead atoms. The van der Waals surface area contributed by atoms with Crippen molar-refractivity contribution in [1.82, 2.24) is 15.5 Å². The van der Waals surface area contributed by atoms with Crippen LogP contribution in [0.5, 0.6) is 0 Å². The Hall–Kier alpha value is -1.55. The number of nitrogens with zero attached hydrogens (tertiary/aromatic N) is 2. The zero-order valence-corrected chi connectivity index (χ0v) is 14.9. The number of hydrogen-bond donors (Lipinski definition) is 2. The van der Waals surface area contributed by atoms with Crippen LogP contribution in [0.25, 0.3) is 0 Å². The number of aliphatic imine (C=N–C) groups is 1. The quantitative estimate of drug-likeness (QED) is 0.600. The Labute approximate surface area is 141 Å². The van der Waals surface area contributed by atoms with Crippen molar-refractivity contribution in [2.45, 2.75) is 45.7 Å². The van der Waals surface area contributed by atoms with Gasteiger partial charge in [0.15, 0.2) is 5.96 Å². The Kier molecular flexibility index (Phi) is 7.40. The molecule has 2 rings (SSSR count). The highest BCUT2D eigenvalue weighted by Crippen LogP contribution is 2.17. The third-order valence-electron chi connectivity index (χ3n) is 4.43. The van der Waals surface area contributed by atoms with Crippen LogP contribution in [-0.4, -0.2) is 43.6 Å². The number of likely N-dealkylation sites (tertiary alicyclic amines) is 1. The van der Waals surface area contributed by atoms with E-state index in [0.29, 0.717) is 6.04 Å². The lowest BCUT2D eigenvalue weighted by Gasteiger charge is -2.29. The first kappa shape index (κ1) is 17.8. The molecule has 0 radical (unpaired) electrons. The van der Waals surface area contributed by atoms with Gasteiger partial charge >= 0.3 is 0 Å². The second-order valence-electron chi connectivity index (χ2n) is 6.82. The maximum absolute atomic E-state index is 4.36. The molecule has 1 aromatic rings. The van der Waals surface area contributed by atoms with Crippen molar-refractivity contribution >= 4 is 5.96 Å². The zero-order valence-electron chi connectivity index (χ0n) is 14.9. The van der Waals surface area contributed by atoms with E-state index in [1.165, 1.54) is 37.9 Å². The standard InChI is InChI=1S/C19H32N4/c1-16(2)13-18(23-11-7-8-12-23)15-22-19(20-3)21-14-17-9-5-4-6-10-17/h4-6,9-10,16,18H,7-8,11-15H2,1-3H3,(H2,20,21,22). The summed E-state index contributed by atoms with van der Waals surface area (Å²) in [6.45, 7) is 8.88. The van der Waals surface area contributed by atoms with Crippen LogP contribution >= 0.6 is 0 Å². The molecule has 2 N–H and O–H groups in total. The summed E-state index contributed by atoms with van der Waals surface area (Å²) >= 11 is 0. The van der Waals surface area contributed by atoms with E-state index in [9.17, 15) is 0 Å². The molecule has 0 saturated carbocycles. The molecule has 0 aromatic heterocycles. The molecule has 1 unspecified atom stereocenters. The van der Waals surface area contributed by atoms with Gasteiger partial charge in [-0.2, -0.15) is 0 Å². The van der Waals surface area contributed by atoms with Crippen molar-refractivity contribution in [3.63, 3.8) is 0 Å². The van der Waals surface area contributed by atoms with E-state index >= 15 is 0 Å². The van der Waals surface area contributed by atoms with Crippen LogP contribution in [0.2, 0.25) is 0 Å². The molecule has 0 spiro atoms. The lowest BCUT2D eigenvalue weighted by molar-refractivity contribution is 0.213. The molecule has 128 valence electrons. The average molecular weight is 316 g/mol. The van der Waals surface area contributed by atoms with Crippen LogP contribution in [0.3, 0.4) is 0 Å². The fourth-order valence-electron chi connectivity index (χ4n) is 3.23. The number of guanidine groups is 1. The molecule has 1 aliphatic rings. The first-order chi connectivity index (χ1) is 11.2. The van der Waals surface area contributed by atoms with E-state index in [1.807, 2.05) is 13.1 Å². The molecule has 1 heterocycles. The molecule has 4 nitrogen and oxygen atoms in total. The number of benzene rings is 1. The molecular formula is C19H32N4. The van der Waals surface area contributed by atoms with E-state index in [4.69, 9.17) is 0 Å². The molecular weight excluding hydrogens is 284 g/mol. The van der Waals surface area contributed by atoms with E-state index in [2.05, 4.69) is 58.6 Å². The normalized spacial score (nSPS) is 17.5. The molecule has 1 fully saturated rings. The van der Waals surface area contributed by atoms with Crippen molar-refractivity contribution in [3.8, 4) is 0 Å². The summed E-state index contributed by atoms with van der Waals surface area (Å²) in [6.07, 6.45) is 3.92. The predicted octanol–water partition coefficient (Wildman–Crippen LogP) is 2.86. The molecule has 1 aromatic carbocycles. The Balaban J connectivity index is 1.82. The first-order valence-electron chi connectivity index (χ1n) is 8.91. The van der Waals surface area contributed by atoms with Crippen LogP contribution in [-0.2, 0) is 6.54 Å². The minimum atomic E-state index is 0.604. The summed E-state index contributed by atoms with van der Waals surface area (Å²) in [5.41, 5.74) is 1.27. The summed E-state index contributed by atoms with van der Waals surface area (Å²) in [4.78, 5) is 6.99. The summed E-state index contributed by atoms with van der Waals surface area (Å²) < 4.78 is 0. The van der Waals surface area contributed by atoms with Gasteiger partial charge in [0.25, 0.3) is 0 Å². The first-order valence-corrected chi connectivity index (χ1v) is 8.91.